The highest BCUT2D eigenvalue weighted by atomic mass is 16.4. The van der Waals surface area contributed by atoms with Crippen LogP contribution in [0.2, 0.25) is 0 Å². The predicted octanol–water partition coefficient (Wildman–Crippen LogP) is 4.28. The number of unbranched alkanes of at least 4 members (excludes halogenated alkanes) is 3. The number of carboxylic acids is 1. The summed E-state index contributed by atoms with van der Waals surface area (Å²) in [4.78, 5) is 22.3. The molecule has 0 spiro atoms. The van der Waals surface area contributed by atoms with Gasteiger partial charge in [-0.2, -0.15) is 0 Å². The number of carbonyl (C=O) groups excluding carboxylic acids is 1. The SMILES string of the molecule is CCCCCC(=O)/C=C/C1CCC(O)C1C/C=C/CCCC(=O)O. The number of rotatable bonds is 12. The Hall–Kier alpha value is -1.42. The highest BCUT2D eigenvalue weighted by Gasteiger charge is 2.32. The lowest BCUT2D eigenvalue weighted by Gasteiger charge is -2.17. The van der Waals surface area contributed by atoms with E-state index in [1.165, 1.54) is 0 Å². The molecule has 0 saturated heterocycles. The number of carboxylic acid groups (broad SMARTS) is 1. The molecule has 24 heavy (non-hydrogen) atoms. The fourth-order valence-corrected chi connectivity index (χ4v) is 3.25. The molecule has 0 aromatic carbocycles. The van der Waals surface area contributed by atoms with Crippen molar-refractivity contribution >= 4 is 11.8 Å². The van der Waals surface area contributed by atoms with Gasteiger partial charge in [-0.15, -0.1) is 0 Å². The lowest BCUT2D eigenvalue weighted by atomic mass is 9.90. The minimum absolute atomic E-state index is 0.167. The van der Waals surface area contributed by atoms with Gasteiger partial charge in [-0.1, -0.05) is 38.0 Å². The first-order valence-corrected chi connectivity index (χ1v) is 9.30. The van der Waals surface area contributed by atoms with Gasteiger partial charge >= 0.3 is 5.97 Å². The Labute approximate surface area is 145 Å². The van der Waals surface area contributed by atoms with Crippen molar-refractivity contribution in [2.75, 3.05) is 0 Å². The van der Waals surface area contributed by atoms with Gasteiger partial charge in [0.15, 0.2) is 5.78 Å². The molecule has 4 heteroatoms. The number of hydrogen-bond donors (Lipinski definition) is 2. The van der Waals surface area contributed by atoms with Gasteiger partial charge < -0.3 is 10.2 Å². The third kappa shape index (κ3) is 8.44. The van der Waals surface area contributed by atoms with Gasteiger partial charge in [0.1, 0.15) is 0 Å². The molecule has 3 unspecified atom stereocenters. The highest BCUT2D eigenvalue weighted by molar-refractivity contribution is 5.89. The topological polar surface area (TPSA) is 74.6 Å². The summed E-state index contributed by atoms with van der Waals surface area (Å²) >= 11 is 0. The third-order valence-electron chi connectivity index (χ3n) is 4.73. The largest absolute Gasteiger partial charge is 0.481 e. The molecule has 1 aliphatic carbocycles. The fraction of sp³-hybridized carbons (Fsp3) is 0.700. The van der Waals surface area contributed by atoms with E-state index < -0.39 is 5.97 Å². The fourth-order valence-electron chi connectivity index (χ4n) is 3.25. The van der Waals surface area contributed by atoms with Crippen molar-refractivity contribution in [3.8, 4) is 0 Å². The van der Waals surface area contributed by atoms with Crippen LogP contribution in [0.1, 0.15) is 71.1 Å². The first kappa shape index (κ1) is 20.6. The number of carbonyl (C=O) groups is 2. The van der Waals surface area contributed by atoms with Crippen molar-refractivity contribution in [2.45, 2.75) is 77.2 Å². The lowest BCUT2D eigenvalue weighted by Crippen LogP contribution is -2.17. The van der Waals surface area contributed by atoms with E-state index in [1.54, 1.807) is 6.08 Å². The van der Waals surface area contributed by atoms with E-state index in [9.17, 15) is 14.7 Å². The standard InChI is InChI=1S/C20H32O4/c1-2-3-6-9-17(21)14-12-16-13-15-19(22)18(16)10-7-4-5-8-11-20(23)24/h4,7,12,14,16,18-19,22H,2-3,5-6,8-11,13,15H2,1H3,(H,23,24)/b7-4+,14-12+. The molecule has 1 fully saturated rings. The van der Waals surface area contributed by atoms with Crippen LogP contribution in [-0.2, 0) is 9.59 Å². The number of aliphatic hydroxyl groups is 1. The second-order valence-corrected chi connectivity index (χ2v) is 6.75. The average molecular weight is 336 g/mol. The Morgan fingerprint density at radius 2 is 1.88 bits per heavy atom. The number of allylic oxidation sites excluding steroid dienone is 4. The molecule has 0 amide bonds. The number of ketones is 1. The first-order chi connectivity index (χ1) is 11.5. The molecular formula is C20H32O4. The zero-order valence-electron chi connectivity index (χ0n) is 14.8. The molecule has 2 N–H and O–H groups in total. The molecule has 0 heterocycles. The zero-order valence-corrected chi connectivity index (χ0v) is 14.8. The van der Waals surface area contributed by atoms with Gasteiger partial charge in [-0.25, -0.2) is 0 Å². The van der Waals surface area contributed by atoms with Crippen molar-refractivity contribution in [3.63, 3.8) is 0 Å². The van der Waals surface area contributed by atoms with Crippen LogP contribution in [-0.4, -0.2) is 28.1 Å². The van der Waals surface area contributed by atoms with E-state index >= 15 is 0 Å². The summed E-state index contributed by atoms with van der Waals surface area (Å²) in [7, 11) is 0. The third-order valence-corrected chi connectivity index (χ3v) is 4.73. The summed E-state index contributed by atoms with van der Waals surface area (Å²) in [6, 6.07) is 0. The summed E-state index contributed by atoms with van der Waals surface area (Å²) in [5.74, 6) is -0.143. The average Bonchev–Trinajstić information content (AvgIpc) is 2.89. The Balaban J connectivity index is 2.37. The van der Waals surface area contributed by atoms with Crippen LogP contribution < -0.4 is 0 Å². The Morgan fingerprint density at radius 1 is 1.08 bits per heavy atom. The van der Waals surface area contributed by atoms with Crippen molar-refractivity contribution in [3.05, 3.63) is 24.3 Å². The first-order valence-electron chi connectivity index (χ1n) is 9.30. The minimum Gasteiger partial charge on any atom is -0.481 e. The predicted molar refractivity (Wildman–Crippen MR) is 95.8 cm³/mol. The number of hydrogen-bond acceptors (Lipinski definition) is 3. The quantitative estimate of drug-likeness (QED) is 0.317. The van der Waals surface area contributed by atoms with Crippen LogP contribution in [0.15, 0.2) is 24.3 Å². The minimum atomic E-state index is -0.761. The lowest BCUT2D eigenvalue weighted by molar-refractivity contribution is -0.137. The molecule has 1 saturated carbocycles. The molecule has 4 nitrogen and oxygen atoms in total. The molecule has 3 atom stereocenters. The number of aliphatic hydroxyl groups excluding tert-OH is 1. The van der Waals surface area contributed by atoms with E-state index in [-0.39, 0.29) is 30.1 Å². The maximum absolute atomic E-state index is 11.8. The van der Waals surface area contributed by atoms with Crippen LogP contribution in [0, 0.1) is 11.8 Å². The van der Waals surface area contributed by atoms with E-state index in [0.717, 1.165) is 44.9 Å². The second-order valence-electron chi connectivity index (χ2n) is 6.75. The number of aliphatic carboxylic acids is 1. The van der Waals surface area contributed by atoms with Crippen LogP contribution in [0.4, 0.5) is 0 Å². The summed E-state index contributed by atoms with van der Waals surface area (Å²) in [6.07, 6.45) is 15.3. The van der Waals surface area contributed by atoms with Crippen LogP contribution in [0.3, 0.4) is 0 Å². The molecule has 0 aromatic heterocycles. The van der Waals surface area contributed by atoms with Gasteiger partial charge in [0, 0.05) is 12.8 Å². The van der Waals surface area contributed by atoms with Crippen molar-refractivity contribution in [2.24, 2.45) is 11.8 Å². The van der Waals surface area contributed by atoms with Crippen molar-refractivity contribution in [1.29, 1.82) is 0 Å². The normalized spacial score (nSPS) is 24.2. The molecule has 0 aromatic rings. The van der Waals surface area contributed by atoms with E-state index in [4.69, 9.17) is 5.11 Å². The van der Waals surface area contributed by atoms with Gasteiger partial charge in [-0.05, 0) is 56.4 Å². The van der Waals surface area contributed by atoms with E-state index in [1.807, 2.05) is 18.2 Å². The van der Waals surface area contributed by atoms with Gasteiger partial charge in [-0.3, -0.25) is 9.59 Å². The second kappa shape index (κ2) is 12.0. The van der Waals surface area contributed by atoms with Gasteiger partial charge in [0.25, 0.3) is 0 Å². The smallest absolute Gasteiger partial charge is 0.303 e. The molecule has 0 bridgehead atoms. The summed E-state index contributed by atoms with van der Waals surface area (Å²) in [5, 5.41) is 18.7. The monoisotopic (exact) mass is 336 g/mol. The molecular weight excluding hydrogens is 304 g/mol. The van der Waals surface area contributed by atoms with Crippen molar-refractivity contribution in [1.82, 2.24) is 0 Å². The highest BCUT2D eigenvalue weighted by Crippen LogP contribution is 2.35. The van der Waals surface area contributed by atoms with Crippen molar-refractivity contribution < 1.29 is 19.8 Å². The van der Waals surface area contributed by atoms with E-state index in [0.29, 0.717) is 12.8 Å². The maximum atomic E-state index is 11.8. The van der Waals surface area contributed by atoms with E-state index in [2.05, 4.69) is 6.92 Å². The van der Waals surface area contributed by atoms with Crippen LogP contribution in [0.25, 0.3) is 0 Å². The van der Waals surface area contributed by atoms with Gasteiger partial charge in [0.2, 0.25) is 0 Å². The molecule has 136 valence electrons. The molecule has 0 aliphatic heterocycles. The van der Waals surface area contributed by atoms with Crippen LogP contribution in [0.5, 0.6) is 0 Å². The molecule has 1 rings (SSSR count). The summed E-state index contributed by atoms with van der Waals surface area (Å²) in [5.41, 5.74) is 0. The zero-order chi connectivity index (χ0) is 17.8. The summed E-state index contributed by atoms with van der Waals surface area (Å²) < 4.78 is 0. The molecule has 0 radical (unpaired) electrons. The Bertz CT molecular complexity index is 439. The van der Waals surface area contributed by atoms with Gasteiger partial charge in [0.05, 0.1) is 6.10 Å². The Kier molecular flexibility index (Phi) is 10.3. The maximum Gasteiger partial charge on any atom is 0.303 e. The molecule has 1 aliphatic rings. The van der Waals surface area contributed by atoms with Crippen LogP contribution >= 0.6 is 0 Å². The Morgan fingerprint density at radius 3 is 2.58 bits per heavy atom. The summed E-state index contributed by atoms with van der Waals surface area (Å²) in [6.45, 7) is 2.13.